The maximum absolute atomic E-state index is 13.7. The fourth-order valence-corrected chi connectivity index (χ4v) is 1.54. The van der Waals surface area contributed by atoms with E-state index in [1.54, 1.807) is 0 Å². The molecule has 1 aromatic rings. The Hall–Kier alpha value is -1.85. The van der Waals surface area contributed by atoms with Crippen LogP contribution in [0.25, 0.3) is 0 Å². The van der Waals surface area contributed by atoms with Gasteiger partial charge in [0, 0.05) is 0 Å². The molecule has 0 unspecified atom stereocenters. The summed E-state index contributed by atoms with van der Waals surface area (Å²) in [6, 6.07) is 2.86. The molecule has 0 atom stereocenters. The van der Waals surface area contributed by atoms with Gasteiger partial charge in [-0.15, -0.1) is 0 Å². The maximum Gasteiger partial charge on any atom is 0.166 e. The van der Waals surface area contributed by atoms with Gasteiger partial charge in [-0.2, -0.15) is 10.5 Å². The first-order valence-corrected chi connectivity index (χ1v) is 5.59. The molecule has 18 heavy (non-hydrogen) atoms. The Balaban J connectivity index is 3.34. The molecule has 0 radical (unpaired) electrons. The molecule has 0 amide bonds. The van der Waals surface area contributed by atoms with Crippen molar-refractivity contribution in [3.63, 3.8) is 0 Å². The van der Waals surface area contributed by atoms with Crippen LogP contribution in [-0.4, -0.2) is 6.61 Å². The van der Waals surface area contributed by atoms with Crippen molar-refractivity contribution in [2.75, 3.05) is 6.61 Å². The van der Waals surface area contributed by atoms with Crippen LogP contribution in [0.1, 0.15) is 30.9 Å². The lowest BCUT2D eigenvalue weighted by atomic mass is 10.1. The average Bonchev–Trinajstić information content (AvgIpc) is 2.36. The zero-order valence-corrected chi connectivity index (χ0v) is 10.3. The van der Waals surface area contributed by atoms with E-state index in [0.29, 0.717) is 6.42 Å². The van der Waals surface area contributed by atoms with Crippen LogP contribution in [-0.2, 0) is 0 Å². The summed E-state index contributed by atoms with van der Waals surface area (Å²) in [5.41, 5.74) is -1.42. The molecule has 0 aliphatic rings. The second kappa shape index (κ2) is 6.18. The summed E-state index contributed by atoms with van der Waals surface area (Å²) in [5, 5.41) is 16.9. The van der Waals surface area contributed by atoms with E-state index in [0.717, 1.165) is 6.42 Å². The fourth-order valence-electron chi connectivity index (χ4n) is 1.29. The van der Waals surface area contributed by atoms with Crippen LogP contribution < -0.4 is 4.74 Å². The van der Waals surface area contributed by atoms with Crippen LogP contribution >= 0.6 is 11.6 Å². The summed E-state index contributed by atoms with van der Waals surface area (Å²) < 4.78 is 32.3. The smallest absolute Gasteiger partial charge is 0.166 e. The van der Waals surface area contributed by atoms with Gasteiger partial charge in [0.05, 0.1) is 6.61 Å². The molecule has 0 aromatic heterocycles. The molecule has 3 nitrogen and oxygen atoms in total. The summed E-state index contributed by atoms with van der Waals surface area (Å²) in [4.78, 5) is 0. The molecular formula is C12H9ClF2N2O. The summed E-state index contributed by atoms with van der Waals surface area (Å²) in [7, 11) is 0. The largest absolute Gasteiger partial charge is 0.490 e. The number of nitrogens with zero attached hydrogens (tertiary/aromatic N) is 2. The van der Waals surface area contributed by atoms with Crippen molar-refractivity contribution in [3.05, 3.63) is 27.8 Å². The molecule has 0 N–H and O–H groups in total. The first-order chi connectivity index (χ1) is 8.58. The molecule has 94 valence electrons. The van der Waals surface area contributed by atoms with Crippen molar-refractivity contribution >= 4 is 11.6 Å². The molecule has 1 aromatic carbocycles. The lowest BCUT2D eigenvalue weighted by molar-refractivity contribution is 0.305. The highest BCUT2D eigenvalue weighted by atomic mass is 35.5. The number of benzene rings is 1. The minimum absolute atomic E-state index is 0.190. The van der Waals surface area contributed by atoms with Crippen molar-refractivity contribution in [1.29, 1.82) is 10.5 Å². The van der Waals surface area contributed by atoms with Crippen LogP contribution in [0.2, 0.25) is 5.02 Å². The van der Waals surface area contributed by atoms with E-state index in [9.17, 15) is 8.78 Å². The Labute approximate surface area is 108 Å². The molecule has 0 bridgehead atoms. The summed E-state index contributed by atoms with van der Waals surface area (Å²) >= 11 is 5.64. The third-order valence-corrected chi connectivity index (χ3v) is 2.58. The Morgan fingerprint density at radius 2 is 1.78 bits per heavy atom. The van der Waals surface area contributed by atoms with Gasteiger partial charge in [-0.1, -0.05) is 24.9 Å². The quantitative estimate of drug-likeness (QED) is 0.621. The summed E-state index contributed by atoms with van der Waals surface area (Å²) in [5.74, 6) is -2.79. The van der Waals surface area contributed by atoms with Crippen molar-refractivity contribution < 1.29 is 13.5 Å². The normalized spacial score (nSPS) is 9.67. The molecular weight excluding hydrogens is 262 g/mol. The molecule has 6 heteroatoms. The van der Waals surface area contributed by atoms with E-state index < -0.39 is 27.8 Å². The molecule has 0 heterocycles. The molecule has 0 spiro atoms. The SMILES string of the molecule is CCCCOc1c(Cl)c(F)c(C#N)c(F)c1C#N. The average molecular weight is 271 g/mol. The predicted molar refractivity (Wildman–Crippen MR) is 61.2 cm³/mol. The van der Waals surface area contributed by atoms with Crippen LogP contribution in [0.5, 0.6) is 5.75 Å². The maximum atomic E-state index is 13.7. The van der Waals surface area contributed by atoms with Crippen LogP contribution in [0, 0.1) is 34.3 Å². The van der Waals surface area contributed by atoms with Gasteiger partial charge in [-0.05, 0) is 6.42 Å². The molecule has 0 aliphatic carbocycles. The van der Waals surface area contributed by atoms with Gasteiger partial charge in [0.1, 0.15) is 28.3 Å². The van der Waals surface area contributed by atoms with Crippen molar-refractivity contribution in [1.82, 2.24) is 0 Å². The van der Waals surface area contributed by atoms with Crippen LogP contribution in [0.3, 0.4) is 0 Å². The van der Waals surface area contributed by atoms with Gasteiger partial charge in [-0.3, -0.25) is 0 Å². The monoisotopic (exact) mass is 270 g/mol. The minimum Gasteiger partial charge on any atom is -0.490 e. The van der Waals surface area contributed by atoms with E-state index in [1.807, 2.05) is 6.92 Å². The number of ether oxygens (including phenoxy) is 1. The third kappa shape index (κ3) is 2.52. The lowest BCUT2D eigenvalue weighted by Gasteiger charge is -2.11. The van der Waals surface area contributed by atoms with E-state index in [4.69, 9.17) is 26.9 Å². The zero-order valence-electron chi connectivity index (χ0n) is 9.56. The van der Waals surface area contributed by atoms with Gasteiger partial charge in [0.25, 0.3) is 0 Å². The summed E-state index contributed by atoms with van der Waals surface area (Å²) in [6.45, 7) is 2.10. The molecule has 0 aliphatic heterocycles. The van der Waals surface area contributed by atoms with E-state index in [2.05, 4.69) is 0 Å². The third-order valence-electron chi connectivity index (χ3n) is 2.25. The minimum atomic E-state index is -1.24. The second-order valence-electron chi connectivity index (χ2n) is 3.45. The first-order valence-electron chi connectivity index (χ1n) is 5.21. The second-order valence-corrected chi connectivity index (χ2v) is 3.82. The number of nitriles is 2. The van der Waals surface area contributed by atoms with Gasteiger partial charge in [0.2, 0.25) is 0 Å². The van der Waals surface area contributed by atoms with Crippen LogP contribution in [0.4, 0.5) is 8.78 Å². The molecule has 0 saturated carbocycles. The predicted octanol–water partition coefficient (Wildman–Crippen LogP) is 3.54. The lowest BCUT2D eigenvalue weighted by Crippen LogP contribution is -2.05. The molecule has 0 fully saturated rings. The molecule has 1 rings (SSSR count). The number of halogens is 3. The fraction of sp³-hybridized carbons (Fsp3) is 0.333. The van der Waals surface area contributed by atoms with Gasteiger partial charge in [0.15, 0.2) is 17.4 Å². The molecule has 0 saturated heterocycles. The van der Waals surface area contributed by atoms with E-state index >= 15 is 0 Å². The van der Waals surface area contributed by atoms with Gasteiger partial charge < -0.3 is 4.74 Å². The Bertz CT molecular complexity index is 547. The zero-order chi connectivity index (χ0) is 13.7. The highest BCUT2D eigenvalue weighted by Crippen LogP contribution is 2.35. The van der Waals surface area contributed by atoms with Crippen LogP contribution in [0.15, 0.2) is 0 Å². The van der Waals surface area contributed by atoms with Crippen molar-refractivity contribution in [3.8, 4) is 17.9 Å². The summed E-state index contributed by atoms with van der Waals surface area (Å²) in [6.07, 6.45) is 1.48. The highest BCUT2D eigenvalue weighted by Gasteiger charge is 2.24. The number of rotatable bonds is 4. The van der Waals surface area contributed by atoms with Crippen molar-refractivity contribution in [2.45, 2.75) is 19.8 Å². The van der Waals surface area contributed by atoms with E-state index in [-0.39, 0.29) is 12.4 Å². The van der Waals surface area contributed by atoms with Gasteiger partial charge in [-0.25, -0.2) is 8.78 Å². The Morgan fingerprint density at radius 1 is 1.17 bits per heavy atom. The number of hydrogen-bond acceptors (Lipinski definition) is 3. The standard InChI is InChI=1S/C12H9ClF2N2O/c1-2-3-4-18-12-8(6-17)10(14)7(5-16)11(15)9(12)13/h2-4H2,1H3. The first kappa shape index (κ1) is 14.2. The Kier molecular flexibility index (Phi) is 4.88. The van der Waals surface area contributed by atoms with Gasteiger partial charge >= 0.3 is 0 Å². The number of hydrogen-bond donors (Lipinski definition) is 0. The Morgan fingerprint density at radius 3 is 2.28 bits per heavy atom. The topological polar surface area (TPSA) is 56.8 Å². The highest BCUT2D eigenvalue weighted by molar-refractivity contribution is 6.32. The van der Waals surface area contributed by atoms with Crippen molar-refractivity contribution in [2.24, 2.45) is 0 Å². The number of unbranched alkanes of at least 4 members (excludes halogenated alkanes) is 1. The van der Waals surface area contributed by atoms with E-state index in [1.165, 1.54) is 12.1 Å².